The van der Waals surface area contributed by atoms with Gasteiger partial charge in [0.25, 0.3) is 0 Å². The molecule has 23 heteroatoms. The SMILES string of the molecule is CC1NCSC1C1CCC(CNC(=O)[C@@H]2C[C@@H](O)CN2C(=O)[C@@H](NC(=O)CN2CC3(CN(CC(=O)NCC4CCCC(C5CCCC(C6CSC(NC(=O)CNC(=O)C7CCN(S(C)(=O)=O)C7)N6)C5)C4)C3)C2)C(C)(C)C)CC1. The highest BCUT2D eigenvalue weighted by molar-refractivity contribution is 8.00. The lowest BCUT2D eigenvalue weighted by atomic mass is 9.67. The van der Waals surface area contributed by atoms with E-state index in [9.17, 15) is 42.3 Å². The van der Waals surface area contributed by atoms with Gasteiger partial charge in [0.15, 0.2) is 0 Å². The first-order chi connectivity index (χ1) is 37.1. The van der Waals surface area contributed by atoms with Crippen molar-refractivity contribution in [1.29, 1.82) is 0 Å². The number of nitrogens with zero attached hydrogens (tertiary/aromatic N) is 4. The summed E-state index contributed by atoms with van der Waals surface area (Å²) in [4.78, 5) is 85.9. The molecule has 3 saturated carbocycles. The lowest BCUT2D eigenvalue weighted by molar-refractivity contribution is -0.147. The summed E-state index contributed by atoms with van der Waals surface area (Å²) in [6.07, 6.45) is 14.9. The van der Waals surface area contributed by atoms with Crippen molar-refractivity contribution in [3.8, 4) is 0 Å². The van der Waals surface area contributed by atoms with Crippen molar-refractivity contribution in [2.24, 2.45) is 52.3 Å². The largest absolute Gasteiger partial charge is 0.391 e. The third-order valence-electron chi connectivity index (χ3n) is 19.3. The molecule has 20 nitrogen and oxygen atoms in total. The first-order valence-electron chi connectivity index (χ1n) is 29.6. The van der Waals surface area contributed by atoms with Crippen LogP contribution in [0.5, 0.6) is 0 Å². The molecule has 9 unspecified atom stereocenters. The van der Waals surface area contributed by atoms with Crippen LogP contribution in [0.3, 0.4) is 0 Å². The number of rotatable bonds is 19. The molecule has 78 heavy (non-hydrogen) atoms. The summed E-state index contributed by atoms with van der Waals surface area (Å²) in [5.74, 6) is 3.60. The van der Waals surface area contributed by atoms with Crippen LogP contribution in [0.25, 0.3) is 0 Å². The highest BCUT2D eigenvalue weighted by atomic mass is 32.2. The zero-order valence-corrected chi connectivity index (χ0v) is 49.6. The monoisotopic (exact) mass is 1150 g/mol. The molecule has 6 heterocycles. The van der Waals surface area contributed by atoms with Gasteiger partial charge in [-0.25, -0.2) is 12.7 Å². The Balaban J connectivity index is 0.635. The Kier molecular flexibility index (Phi) is 19.8. The minimum Gasteiger partial charge on any atom is -0.391 e. The quantitative estimate of drug-likeness (QED) is 0.0908. The molecule has 6 saturated heterocycles. The summed E-state index contributed by atoms with van der Waals surface area (Å²) in [5.41, 5.74) is -0.781. The maximum atomic E-state index is 14.2. The molecule has 440 valence electrons. The Labute approximate surface area is 472 Å². The van der Waals surface area contributed by atoms with E-state index in [1.807, 2.05) is 32.5 Å². The van der Waals surface area contributed by atoms with Gasteiger partial charge in [0.05, 0.1) is 37.9 Å². The molecule has 1 spiro atoms. The third kappa shape index (κ3) is 15.3. The fourth-order valence-corrected chi connectivity index (χ4v) is 18.7. The van der Waals surface area contributed by atoms with Crippen molar-refractivity contribution in [3.63, 3.8) is 0 Å². The summed E-state index contributed by atoms with van der Waals surface area (Å²) in [7, 11) is -3.34. The van der Waals surface area contributed by atoms with Gasteiger partial charge in [-0.1, -0.05) is 46.5 Å². The smallest absolute Gasteiger partial charge is 0.246 e. The topological polar surface area (TPSA) is 254 Å². The fraction of sp³-hybridized carbons (Fsp3) is 0.891. The molecule has 0 radical (unpaired) electrons. The van der Waals surface area contributed by atoms with E-state index in [1.54, 1.807) is 11.8 Å². The standard InChI is InChI=1S/C55H93N11O9S3/c1-34-48(77-33-59-34)37-14-12-35(13-15-37)21-57-51(72)44-20-42(67)25-66(44)52(73)49(54(2,3)4)61-47(70)27-64-31-55(32-64)29-63(30-55)26-46(69)56-22-36-8-6-9-38(18-36)39-10-7-11-40(19-39)43-28-76-53(60-43)62-45(68)23-58-50(71)41-16-17-65(24-41)78(5,74)75/h34-44,48-49,53,59-60,67H,6-33H2,1-5H3,(H,56,69)(H,57,72)(H,58,71)(H,61,70)(H,62,68)/t34?,35?,36?,37?,38?,39?,40?,41?,42-,43?,44+,48?,49-,53?/m1/s1. The van der Waals surface area contributed by atoms with Gasteiger partial charge in [0.2, 0.25) is 45.5 Å². The normalized spacial score (nSPS) is 35.1. The van der Waals surface area contributed by atoms with Crippen LogP contribution in [-0.4, -0.2) is 205 Å². The second-order valence-electron chi connectivity index (χ2n) is 26.5. The minimum absolute atomic E-state index is 0.0574. The molecule has 12 atom stereocenters. The van der Waals surface area contributed by atoms with Crippen molar-refractivity contribution in [3.05, 3.63) is 0 Å². The number of hydrogen-bond acceptors (Lipinski definition) is 15. The third-order valence-corrected chi connectivity index (χ3v) is 23.2. The molecule has 8 N–H and O–H groups in total. The first kappa shape index (κ1) is 59.8. The molecule has 6 amide bonds. The minimum atomic E-state index is -3.34. The van der Waals surface area contributed by atoms with Crippen molar-refractivity contribution in [1.82, 2.24) is 56.2 Å². The van der Waals surface area contributed by atoms with E-state index in [-0.39, 0.29) is 79.0 Å². The molecule has 0 aromatic rings. The predicted molar refractivity (Wildman–Crippen MR) is 303 cm³/mol. The number of carbonyl (C=O) groups excluding carboxylic acids is 6. The van der Waals surface area contributed by atoms with Gasteiger partial charge in [-0.05, 0) is 106 Å². The average Bonchev–Trinajstić information content (AvgIpc) is 4.34. The molecule has 0 aromatic heterocycles. The number of aliphatic hydroxyl groups is 1. The van der Waals surface area contributed by atoms with Crippen molar-refractivity contribution in [2.45, 2.75) is 159 Å². The Morgan fingerprint density at radius 3 is 2.06 bits per heavy atom. The van der Waals surface area contributed by atoms with Crippen LogP contribution >= 0.6 is 23.5 Å². The van der Waals surface area contributed by atoms with Gasteiger partial charge in [-0.2, -0.15) is 0 Å². The number of carbonyl (C=O) groups is 6. The van der Waals surface area contributed by atoms with Gasteiger partial charge >= 0.3 is 0 Å². The van der Waals surface area contributed by atoms with Crippen molar-refractivity contribution in [2.75, 3.05) is 96.4 Å². The number of hydrogen-bond donors (Lipinski definition) is 8. The molecule has 0 aromatic carbocycles. The van der Waals surface area contributed by atoms with Crippen LogP contribution in [0.15, 0.2) is 0 Å². The highest BCUT2D eigenvalue weighted by Gasteiger charge is 2.53. The molecular weight excluding hydrogens is 1050 g/mol. The number of β-amino-alcohol motifs (C(OH)–C–C–N with tert-alkyl or cyclic N) is 1. The van der Waals surface area contributed by atoms with E-state index in [0.717, 1.165) is 82.6 Å². The zero-order chi connectivity index (χ0) is 55.5. The number of likely N-dealkylation sites (tertiary alicyclic amines) is 3. The molecule has 6 aliphatic heterocycles. The van der Waals surface area contributed by atoms with Crippen molar-refractivity contribution >= 4 is 69.0 Å². The van der Waals surface area contributed by atoms with E-state index in [0.29, 0.717) is 85.4 Å². The van der Waals surface area contributed by atoms with Gasteiger partial charge in [0, 0.05) is 99.7 Å². The predicted octanol–water partition coefficient (Wildman–Crippen LogP) is 1.30. The summed E-state index contributed by atoms with van der Waals surface area (Å²) in [6.45, 7) is 13.3. The lowest BCUT2D eigenvalue weighted by Crippen LogP contribution is -2.73. The van der Waals surface area contributed by atoms with E-state index < -0.39 is 39.5 Å². The van der Waals surface area contributed by atoms with E-state index in [1.165, 1.54) is 47.7 Å². The summed E-state index contributed by atoms with van der Waals surface area (Å²) in [6, 6.07) is -0.804. The van der Waals surface area contributed by atoms with Crippen LogP contribution < -0.4 is 37.2 Å². The first-order valence-corrected chi connectivity index (χ1v) is 33.5. The van der Waals surface area contributed by atoms with Gasteiger partial charge in [0.1, 0.15) is 17.6 Å². The number of sulfonamides is 1. The Morgan fingerprint density at radius 1 is 0.731 bits per heavy atom. The summed E-state index contributed by atoms with van der Waals surface area (Å²) in [5, 5.41) is 33.7. The Hall–Kier alpha value is -2.77. The van der Waals surface area contributed by atoms with Crippen LogP contribution in [0.1, 0.15) is 118 Å². The van der Waals surface area contributed by atoms with Crippen LogP contribution in [-0.2, 0) is 38.8 Å². The molecule has 9 rings (SSSR count). The van der Waals surface area contributed by atoms with Crippen LogP contribution in [0.2, 0.25) is 0 Å². The number of aliphatic hydroxyl groups excluding tert-OH is 1. The van der Waals surface area contributed by atoms with Gasteiger partial charge in [-0.3, -0.25) is 43.9 Å². The summed E-state index contributed by atoms with van der Waals surface area (Å²) >= 11 is 3.72. The van der Waals surface area contributed by atoms with Crippen LogP contribution in [0.4, 0.5) is 0 Å². The number of thioether (sulfide) groups is 2. The summed E-state index contributed by atoms with van der Waals surface area (Å²) < 4.78 is 25.0. The Morgan fingerprint density at radius 2 is 1.40 bits per heavy atom. The fourth-order valence-electron chi connectivity index (χ4n) is 15.0. The van der Waals surface area contributed by atoms with Crippen molar-refractivity contribution < 1.29 is 42.3 Å². The number of amides is 6. The van der Waals surface area contributed by atoms with E-state index in [4.69, 9.17) is 0 Å². The lowest BCUT2D eigenvalue weighted by Gasteiger charge is -2.60. The molecular formula is C55H93N11O9S3. The molecule has 0 bridgehead atoms. The molecule has 9 aliphatic rings. The maximum absolute atomic E-state index is 14.2. The zero-order valence-electron chi connectivity index (χ0n) is 47.1. The average molecular weight is 1150 g/mol. The maximum Gasteiger partial charge on any atom is 0.246 e. The molecule has 9 fully saturated rings. The van der Waals surface area contributed by atoms with Gasteiger partial charge in [-0.15, -0.1) is 23.5 Å². The second kappa shape index (κ2) is 25.8. The number of nitrogens with one attached hydrogen (secondary N) is 7. The van der Waals surface area contributed by atoms with E-state index >= 15 is 0 Å². The van der Waals surface area contributed by atoms with Crippen LogP contribution in [0, 0.1) is 52.3 Å². The Bertz CT molecular complexity index is 2260. The highest BCUT2D eigenvalue weighted by Crippen LogP contribution is 2.45. The van der Waals surface area contributed by atoms with Gasteiger partial charge < -0.3 is 41.9 Å². The molecule has 3 aliphatic carbocycles. The second-order valence-corrected chi connectivity index (χ2v) is 30.8. The van der Waals surface area contributed by atoms with E-state index in [2.05, 4.69) is 53.9 Å².